The second-order valence-corrected chi connectivity index (χ2v) is 6.53. The molecule has 92 valence electrons. The van der Waals surface area contributed by atoms with Crippen LogP contribution in [0, 0.1) is 23.2 Å². The summed E-state index contributed by atoms with van der Waals surface area (Å²) < 4.78 is 0. The molecule has 0 unspecified atom stereocenters. The van der Waals surface area contributed by atoms with Crippen molar-refractivity contribution >= 4 is 0 Å². The van der Waals surface area contributed by atoms with Crippen LogP contribution in [-0.2, 0) is 0 Å². The van der Waals surface area contributed by atoms with Gasteiger partial charge in [-0.15, -0.1) is 0 Å². The Morgan fingerprint density at radius 2 is 2.00 bits per heavy atom. The summed E-state index contributed by atoms with van der Waals surface area (Å²) in [6, 6.07) is 0. The van der Waals surface area contributed by atoms with Crippen molar-refractivity contribution in [3.63, 3.8) is 0 Å². The van der Waals surface area contributed by atoms with Gasteiger partial charge in [-0.1, -0.05) is 38.8 Å². The Kier molecular flexibility index (Phi) is 3.18. The van der Waals surface area contributed by atoms with E-state index in [2.05, 4.69) is 27.4 Å². The molecule has 2 aliphatic carbocycles. The van der Waals surface area contributed by atoms with Gasteiger partial charge in [-0.05, 0) is 43.4 Å². The van der Waals surface area contributed by atoms with Gasteiger partial charge in [-0.25, -0.2) is 0 Å². The smallest absolute Gasteiger partial charge is 0.0641 e. The molecule has 2 rings (SSSR count). The molecule has 2 fully saturated rings. The van der Waals surface area contributed by atoms with E-state index in [-0.39, 0.29) is 6.10 Å². The third kappa shape index (κ3) is 1.84. The summed E-state index contributed by atoms with van der Waals surface area (Å²) in [6.07, 6.45) is 6.21. The molecule has 0 spiro atoms. The molecule has 0 aromatic rings. The molecule has 0 aromatic carbocycles. The van der Waals surface area contributed by atoms with Gasteiger partial charge in [0.25, 0.3) is 0 Å². The van der Waals surface area contributed by atoms with Crippen molar-refractivity contribution in [1.29, 1.82) is 0 Å². The zero-order valence-corrected chi connectivity index (χ0v) is 11.0. The maximum atomic E-state index is 10.6. The highest BCUT2D eigenvalue weighted by molar-refractivity contribution is 5.08. The van der Waals surface area contributed by atoms with Gasteiger partial charge in [0.2, 0.25) is 0 Å². The molecular weight excluding hydrogens is 196 g/mol. The molecule has 0 aromatic heterocycles. The lowest BCUT2D eigenvalue weighted by Gasteiger charge is -2.53. The standard InChI is InChI=1S/C15H26O/c1-10(2)12-7-9-15(4)8-5-6-11(3)13(15)14(12)16/h11-14,16H,1,5-9H2,2-4H3/t11-,12-,13+,14+,15+/m1/s1. The molecule has 1 N–H and O–H groups in total. The monoisotopic (exact) mass is 222 g/mol. The molecule has 5 atom stereocenters. The summed E-state index contributed by atoms with van der Waals surface area (Å²) in [5, 5.41) is 10.6. The summed E-state index contributed by atoms with van der Waals surface area (Å²) in [7, 11) is 0. The number of hydrogen-bond acceptors (Lipinski definition) is 1. The zero-order valence-electron chi connectivity index (χ0n) is 11.0. The van der Waals surface area contributed by atoms with Crippen molar-refractivity contribution < 1.29 is 5.11 Å². The van der Waals surface area contributed by atoms with Gasteiger partial charge in [0.15, 0.2) is 0 Å². The molecular formula is C15H26O. The molecule has 0 bridgehead atoms. The first-order valence-electron chi connectivity index (χ1n) is 6.79. The molecule has 0 aliphatic heterocycles. The van der Waals surface area contributed by atoms with Crippen molar-refractivity contribution in [2.45, 2.75) is 59.0 Å². The third-order valence-corrected chi connectivity index (χ3v) is 5.26. The van der Waals surface area contributed by atoms with E-state index in [1.807, 2.05) is 0 Å². The molecule has 2 saturated carbocycles. The SMILES string of the molecule is C=C(C)[C@H]1CC[C@]2(C)CCC[C@@H](C)[C@H]2[C@H]1O. The number of aliphatic hydroxyl groups excluding tert-OH is 1. The van der Waals surface area contributed by atoms with Gasteiger partial charge in [0.05, 0.1) is 6.10 Å². The first-order chi connectivity index (χ1) is 7.46. The van der Waals surface area contributed by atoms with Crippen molar-refractivity contribution in [3.05, 3.63) is 12.2 Å². The largest absolute Gasteiger partial charge is 0.392 e. The highest BCUT2D eigenvalue weighted by atomic mass is 16.3. The molecule has 1 nitrogen and oxygen atoms in total. The summed E-state index contributed by atoms with van der Waals surface area (Å²) in [5.74, 6) is 1.52. The van der Waals surface area contributed by atoms with Crippen molar-refractivity contribution in [2.75, 3.05) is 0 Å². The van der Waals surface area contributed by atoms with Crippen LogP contribution in [0.1, 0.15) is 52.9 Å². The van der Waals surface area contributed by atoms with Crippen LogP contribution in [0.25, 0.3) is 0 Å². The van der Waals surface area contributed by atoms with Crippen LogP contribution in [-0.4, -0.2) is 11.2 Å². The molecule has 16 heavy (non-hydrogen) atoms. The van der Waals surface area contributed by atoms with E-state index in [1.165, 1.54) is 31.3 Å². The maximum Gasteiger partial charge on any atom is 0.0641 e. The minimum atomic E-state index is -0.147. The van der Waals surface area contributed by atoms with E-state index in [9.17, 15) is 5.11 Å². The molecule has 0 amide bonds. The van der Waals surface area contributed by atoms with Crippen LogP contribution in [0.5, 0.6) is 0 Å². The second kappa shape index (κ2) is 4.18. The van der Waals surface area contributed by atoms with Crippen LogP contribution >= 0.6 is 0 Å². The van der Waals surface area contributed by atoms with Gasteiger partial charge in [0.1, 0.15) is 0 Å². The second-order valence-electron chi connectivity index (χ2n) is 6.53. The van der Waals surface area contributed by atoms with E-state index < -0.39 is 0 Å². The Bertz CT molecular complexity index is 283. The van der Waals surface area contributed by atoms with E-state index in [0.29, 0.717) is 23.2 Å². The van der Waals surface area contributed by atoms with Crippen molar-refractivity contribution in [2.24, 2.45) is 23.2 Å². The zero-order chi connectivity index (χ0) is 11.9. The average molecular weight is 222 g/mol. The summed E-state index contributed by atoms with van der Waals surface area (Å²) in [4.78, 5) is 0. The Labute approximate surface area is 99.9 Å². The lowest BCUT2D eigenvalue weighted by molar-refractivity contribution is -0.0934. The number of hydrogen-bond donors (Lipinski definition) is 1. The average Bonchev–Trinajstić information content (AvgIpc) is 2.16. The Hall–Kier alpha value is -0.300. The van der Waals surface area contributed by atoms with E-state index >= 15 is 0 Å². The molecule has 2 aliphatic rings. The first-order valence-corrected chi connectivity index (χ1v) is 6.79. The highest BCUT2D eigenvalue weighted by Gasteiger charge is 2.49. The van der Waals surface area contributed by atoms with Crippen LogP contribution < -0.4 is 0 Å². The van der Waals surface area contributed by atoms with Crippen LogP contribution in [0.3, 0.4) is 0 Å². The molecule has 1 heteroatoms. The Morgan fingerprint density at radius 1 is 1.31 bits per heavy atom. The fourth-order valence-electron chi connectivity index (χ4n) is 4.35. The molecule has 0 heterocycles. The minimum Gasteiger partial charge on any atom is -0.392 e. The van der Waals surface area contributed by atoms with E-state index in [1.54, 1.807) is 0 Å². The topological polar surface area (TPSA) is 20.2 Å². The Morgan fingerprint density at radius 3 is 2.62 bits per heavy atom. The Balaban J connectivity index is 2.23. The minimum absolute atomic E-state index is 0.147. The molecule has 0 radical (unpaired) electrons. The van der Waals surface area contributed by atoms with Gasteiger partial charge in [0, 0.05) is 5.92 Å². The maximum absolute atomic E-state index is 10.6. The van der Waals surface area contributed by atoms with Crippen molar-refractivity contribution in [1.82, 2.24) is 0 Å². The summed E-state index contributed by atoms with van der Waals surface area (Å²) in [5.41, 5.74) is 1.57. The van der Waals surface area contributed by atoms with Crippen LogP contribution in [0.2, 0.25) is 0 Å². The van der Waals surface area contributed by atoms with Gasteiger partial charge in [-0.3, -0.25) is 0 Å². The van der Waals surface area contributed by atoms with Crippen LogP contribution in [0.4, 0.5) is 0 Å². The van der Waals surface area contributed by atoms with E-state index in [0.717, 1.165) is 6.42 Å². The lowest BCUT2D eigenvalue weighted by Crippen LogP contribution is -2.50. The van der Waals surface area contributed by atoms with Gasteiger partial charge < -0.3 is 5.11 Å². The quantitative estimate of drug-likeness (QED) is 0.669. The lowest BCUT2D eigenvalue weighted by atomic mass is 9.53. The normalized spacial score (nSPS) is 48.5. The van der Waals surface area contributed by atoms with E-state index in [4.69, 9.17) is 0 Å². The number of rotatable bonds is 1. The van der Waals surface area contributed by atoms with Crippen LogP contribution in [0.15, 0.2) is 12.2 Å². The van der Waals surface area contributed by atoms with Gasteiger partial charge >= 0.3 is 0 Å². The van der Waals surface area contributed by atoms with Crippen molar-refractivity contribution in [3.8, 4) is 0 Å². The highest BCUT2D eigenvalue weighted by Crippen LogP contribution is 2.54. The molecule has 0 saturated heterocycles. The predicted molar refractivity (Wildman–Crippen MR) is 68.2 cm³/mol. The predicted octanol–water partition coefficient (Wildman–Crippen LogP) is 3.78. The third-order valence-electron chi connectivity index (χ3n) is 5.26. The fourth-order valence-corrected chi connectivity index (χ4v) is 4.35. The van der Waals surface area contributed by atoms with Gasteiger partial charge in [-0.2, -0.15) is 0 Å². The summed E-state index contributed by atoms with van der Waals surface area (Å²) >= 11 is 0. The summed E-state index contributed by atoms with van der Waals surface area (Å²) in [6.45, 7) is 10.8. The number of aliphatic hydroxyl groups is 1. The fraction of sp³-hybridized carbons (Fsp3) is 0.867. The number of fused-ring (bicyclic) bond motifs is 1. The first kappa shape index (κ1) is 12.2.